The van der Waals surface area contributed by atoms with Crippen molar-refractivity contribution in [2.45, 2.75) is 45.1 Å². The summed E-state index contributed by atoms with van der Waals surface area (Å²) < 4.78 is 1.02. The third-order valence-corrected chi connectivity index (χ3v) is 4.29. The zero-order valence-electron chi connectivity index (χ0n) is 10.8. The van der Waals surface area contributed by atoms with Crippen LogP contribution in [0, 0.1) is 5.92 Å². The Labute approximate surface area is 118 Å². The Morgan fingerprint density at radius 3 is 2.83 bits per heavy atom. The zero-order chi connectivity index (χ0) is 12.8. The van der Waals surface area contributed by atoms with E-state index in [1.807, 2.05) is 12.1 Å². The van der Waals surface area contributed by atoms with Gasteiger partial charge in [-0.2, -0.15) is 0 Å². The molecule has 0 saturated heterocycles. The minimum atomic E-state index is 0.376. The van der Waals surface area contributed by atoms with E-state index >= 15 is 0 Å². The number of hydrogen-bond acceptors (Lipinski definition) is 2. The number of benzene rings is 1. The van der Waals surface area contributed by atoms with Gasteiger partial charge in [-0.3, -0.25) is 0 Å². The molecule has 0 amide bonds. The van der Waals surface area contributed by atoms with Crippen LogP contribution in [0.2, 0.25) is 0 Å². The Morgan fingerprint density at radius 2 is 2.06 bits per heavy atom. The van der Waals surface area contributed by atoms with Crippen molar-refractivity contribution >= 4 is 15.9 Å². The van der Waals surface area contributed by atoms with Gasteiger partial charge in [0.1, 0.15) is 5.75 Å². The highest BCUT2D eigenvalue weighted by atomic mass is 79.9. The van der Waals surface area contributed by atoms with Crippen molar-refractivity contribution in [3.63, 3.8) is 0 Å². The molecule has 1 saturated carbocycles. The van der Waals surface area contributed by atoms with E-state index in [0.29, 0.717) is 5.75 Å². The molecule has 2 rings (SSSR count). The molecular formula is C15H22BrNO. The van der Waals surface area contributed by atoms with Crippen LogP contribution in [-0.4, -0.2) is 11.7 Å². The molecule has 1 aromatic carbocycles. The highest BCUT2D eigenvalue weighted by molar-refractivity contribution is 9.10. The summed E-state index contributed by atoms with van der Waals surface area (Å²) in [6.45, 7) is 1.79. The van der Waals surface area contributed by atoms with Gasteiger partial charge in [-0.15, -0.1) is 0 Å². The van der Waals surface area contributed by atoms with Crippen LogP contribution in [0.3, 0.4) is 0 Å². The van der Waals surface area contributed by atoms with Crippen molar-refractivity contribution in [2.75, 3.05) is 6.54 Å². The lowest BCUT2D eigenvalue weighted by Crippen LogP contribution is -2.15. The first kappa shape index (κ1) is 13.9. The maximum Gasteiger partial charge on any atom is 0.120 e. The number of phenols is 1. The Hall–Kier alpha value is -0.540. The second kappa shape index (κ2) is 7.15. The maximum atomic E-state index is 9.70. The van der Waals surface area contributed by atoms with Crippen molar-refractivity contribution in [2.24, 2.45) is 5.92 Å². The number of halogens is 1. The molecule has 0 radical (unpaired) electrons. The average Bonchev–Trinajstić information content (AvgIpc) is 2.86. The van der Waals surface area contributed by atoms with Gasteiger partial charge in [0.15, 0.2) is 0 Å². The Bertz CT molecular complexity index is 375. The molecule has 100 valence electrons. The van der Waals surface area contributed by atoms with Crippen LogP contribution >= 0.6 is 15.9 Å². The summed E-state index contributed by atoms with van der Waals surface area (Å²) >= 11 is 3.42. The monoisotopic (exact) mass is 311 g/mol. The molecule has 0 aromatic heterocycles. The number of phenolic OH excluding ortho intramolecular Hbond substituents is 1. The fraction of sp³-hybridized carbons (Fsp3) is 0.600. The zero-order valence-corrected chi connectivity index (χ0v) is 12.4. The Morgan fingerprint density at radius 1 is 1.28 bits per heavy atom. The summed E-state index contributed by atoms with van der Waals surface area (Å²) in [5, 5.41) is 13.1. The van der Waals surface area contributed by atoms with Crippen molar-refractivity contribution < 1.29 is 5.11 Å². The third-order valence-electron chi connectivity index (χ3n) is 3.80. The van der Waals surface area contributed by atoms with E-state index in [1.54, 1.807) is 6.07 Å². The van der Waals surface area contributed by atoms with Crippen LogP contribution in [0.4, 0.5) is 0 Å². The SMILES string of the molecule is Oc1ccc(Br)cc1CNCCCC1CCCC1. The molecule has 1 aliphatic rings. The van der Waals surface area contributed by atoms with E-state index < -0.39 is 0 Å². The second-order valence-electron chi connectivity index (χ2n) is 5.24. The molecule has 1 aromatic rings. The van der Waals surface area contributed by atoms with E-state index in [4.69, 9.17) is 0 Å². The first-order valence-corrected chi connectivity index (χ1v) is 7.73. The topological polar surface area (TPSA) is 32.3 Å². The van der Waals surface area contributed by atoms with Gasteiger partial charge in [-0.1, -0.05) is 41.6 Å². The Balaban J connectivity index is 1.64. The molecule has 0 unspecified atom stereocenters. The molecule has 18 heavy (non-hydrogen) atoms. The summed E-state index contributed by atoms with van der Waals surface area (Å²) in [6, 6.07) is 5.57. The summed E-state index contributed by atoms with van der Waals surface area (Å²) in [6.07, 6.45) is 8.35. The average molecular weight is 312 g/mol. The van der Waals surface area contributed by atoms with Crippen LogP contribution in [0.5, 0.6) is 5.75 Å². The van der Waals surface area contributed by atoms with E-state index in [-0.39, 0.29) is 0 Å². The van der Waals surface area contributed by atoms with Gasteiger partial charge in [0.05, 0.1) is 0 Å². The molecule has 0 spiro atoms. The smallest absolute Gasteiger partial charge is 0.120 e. The molecule has 0 heterocycles. The van der Waals surface area contributed by atoms with Gasteiger partial charge >= 0.3 is 0 Å². The van der Waals surface area contributed by atoms with Gasteiger partial charge in [0.25, 0.3) is 0 Å². The Kier molecular flexibility index (Phi) is 5.51. The standard InChI is InChI=1S/C15H22BrNO/c16-14-7-8-15(18)13(10-14)11-17-9-3-6-12-4-1-2-5-12/h7-8,10,12,17-18H,1-6,9,11H2. The normalized spacial score (nSPS) is 16.3. The predicted molar refractivity (Wildman–Crippen MR) is 78.7 cm³/mol. The molecule has 1 fully saturated rings. The van der Waals surface area contributed by atoms with Crippen LogP contribution in [0.1, 0.15) is 44.1 Å². The fourth-order valence-electron chi connectivity index (χ4n) is 2.73. The number of rotatable bonds is 6. The first-order chi connectivity index (χ1) is 8.75. The maximum absolute atomic E-state index is 9.70. The quantitative estimate of drug-likeness (QED) is 0.771. The molecule has 0 aliphatic heterocycles. The number of hydrogen-bond donors (Lipinski definition) is 2. The minimum Gasteiger partial charge on any atom is -0.508 e. The lowest BCUT2D eigenvalue weighted by atomic mass is 10.0. The highest BCUT2D eigenvalue weighted by Crippen LogP contribution is 2.28. The third kappa shape index (κ3) is 4.29. The van der Waals surface area contributed by atoms with E-state index in [0.717, 1.165) is 29.0 Å². The lowest BCUT2D eigenvalue weighted by Gasteiger charge is -2.10. The lowest BCUT2D eigenvalue weighted by molar-refractivity contribution is 0.455. The molecule has 2 N–H and O–H groups in total. The number of aromatic hydroxyl groups is 1. The van der Waals surface area contributed by atoms with Crippen molar-refractivity contribution in [3.05, 3.63) is 28.2 Å². The van der Waals surface area contributed by atoms with E-state index in [9.17, 15) is 5.11 Å². The summed E-state index contributed by atoms with van der Waals surface area (Å²) in [4.78, 5) is 0. The van der Waals surface area contributed by atoms with Crippen molar-refractivity contribution in [1.82, 2.24) is 5.32 Å². The van der Waals surface area contributed by atoms with Crippen LogP contribution < -0.4 is 5.32 Å². The van der Waals surface area contributed by atoms with Crippen LogP contribution in [-0.2, 0) is 6.54 Å². The van der Waals surface area contributed by atoms with Crippen LogP contribution in [0.15, 0.2) is 22.7 Å². The molecule has 3 heteroatoms. The summed E-state index contributed by atoms with van der Waals surface area (Å²) in [5.74, 6) is 1.35. The van der Waals surface area contributed by atoms with E-state index in [1.165, 1.54) is 38.5 Å². The van der Waals surface area contributed by atoms with E-state index in [2.05, 4.69) is 21.2 Å². The van der Waals surface area contributed by atoms with Crippen molar-refractivity contribution in [1.29, 1.82) is 0 Å². The number of nitrogens with one attached hydrogen (secondary N) is 1. The first-order valence-electron chi connectivity index (χ1n) is 6.94. The molecule has 1 aliphatic carbocycles. The molecule has 2 nitrogen and oxygen atoms in total. The largest absolute Gasteiger partial charge is 0.508 e. The van der Waals surface area contributed by atoms with Gasteiger partial charge in [-0.25, -0.2) is 0 Å². The molecule has 0 atom stereocenters. The predicted octanol–water partition coefficient (Wildman–Crippen LogP) is 4.21. The van der Waals surface area contributed by atoms with Crippen molar-refractivity contribution in [3.8, 4) is 5.75 Å². The summed E-state index contributed by atoms with van der Waals surface area (Å²) in [7, 11) is 0. The molecular weight excluding hydrogens is 290 g/mol. The second-order valence-corrected chi connectivity index (χ2v) is 6.16. The van der Waals surface area contributed by atoms with Gasteiger partial charge in [-0.05, 0) is 43.5 Å². The minimum absolute atomic E-state index is 0.376. The fourth-order valence-corrected chi connectivity index (χ4v) is 3.14. The highest BCUT2D eigenvalue weighted by Gasteiger charge is 2.13. The van der Waals surface area contributed by atoms with Crippen LogP contribution in [0.25, 0.3) is 0 Å². The van der Waals surface area contributed by atoms with Gasteiger partial charge in [0, 0.05) is 16.6 Å². The molecule has 0 bridgehead atoms. The summed E-state index contributed by atoms with van der Waals surface area (Å²) in [5.41, 5.74) is 0.963. The van der Waals surface area contributed by atoms with Gasteiger partial charge in [0.2, 0.25) is 0 Å². The van der Waals surface area contributed by atoms with Gasteiger partial charge < -0.3 is 10.4 Å².